The zero-order chi connectivity index (χ0) is 19.5. The molecule has 2 aliphatic rings. The van der Waals surface area contributed by atoms with Crippen molar-refractivity contribution in [2.75, 3.05) is 16.8 Å². The van der Waals surface area contributed by atoms with Crippen LogP contribution < -0.4 is 5.32 Å². The number of sulfone groups is 1. The van der Waals surface area contributed by atoms with Crippen LogP contribution in [0.1, 0.15) is 41.6 Å². The van der Waals surface area contributed by atoms with E-state index in [-0.39, 0.29) is 23.5 Å². The first-order valence-electron chi connectivity index (χ1n) is 8.40. The summed E-state index contributed by atoms with van der Waals surface area (Å²) in [6.07, 6.45) is 0.209. The zero-order valence-electron chi connectivity index (χ0n) is 14.3. The summed E-state index contributed by atoms with van der Waals surface area (Å²) in [5, 5.41) is 7.04. The average Bonchev–Trinajstić information content (AvgIpc) is 3.12. The molecule has 1 saturated heterocycles. The van der Waals surface area contributed by atoms with E-state index in [1.54, 1.807) is 6.92 Å². The summed E-state index contributed by atoms with van der Waals surface area (Å²) in [7, 11) is -3.18. The first-order chi connectivity index (χ1) is 12.7. The summed E-state index contributed by atoms with van der Waals surface area (Å²) in [6.45, 7) is 1.65. The normalized spacial score (nSPS) is 23.9. The molecule has 1 amide bonds. The number of hydrogen-bond donors (Lipinski definition) is 1. The van der Waals surface area contributed by atoms with Crippen LogP contribution in [-0.4, -0.2) is 35.6 Å². The molecule has 6 nitrogen and oxygen atoms in total. The number of fused-ring (bicyclic) bond motifs is 1. The summed E-state index contributed by atoms with van der Waals surface area (Å²) in [5.41, 5.74) is 0.832. The van der Waals surface area contributed by atoms with Crippen molar-refractivity contribution >= 4 is 21.6 Å². The van der Waals surface area contributed by atoms with Crippen molar-refractivity contribution in [1.82, 2.24) is 9.78 Å². The van der Waals surface area contributed by atoms with Crippen LogP contribution >= 0.6 is 0 Å². The molecule has 0 aliphatic carbocycles. The van der Waals surface area contributed by atoms with Crippen LogP contribution in [0.25, 0.3) is 0 Å². The van der Waals surface area contributed by atoms with E-state index in [1.807, 2.05) is 0 Å². The third kappa shape index (κ3) is 2.91. The number of nitrogens with zero attached hydrogens (tertiary/aromatic N) is 2. The van der Waals surface area contributed by atoms with E-state index in [2.05, 4.69) is 10.4 Å². The quantitative estimate of drug-likeness (QED) is 0.787. The molecule has 0 bridgehead atoms. The van der Waals surface area contributed by atoms with Gasteiger partial charge in [0.1, 0.15) is 5.82 Å². The number of carbonyl (C=O) groups is 1. The molecule has 4 rings (SSSR count). The minimum absolute atomic E-state index is 0.0283. The minimum Gasteiger partial charge on any atom is -0.311 e. The molecule has 0 radical (unpaired) electrons. The van der Waals surface area contributed by atoms with Gasteiger partial charge in [-0.3, -0.25) is 4.79 Å². The van der Waals surface area contributed by atoms with Gasteiger partial charge in [0.25, 0.3) is 0 Å². The summed E-state index contributed by atoms with van der Waals surface area (Å²) >= 11 is 0. The van der Waals surface area contributed by atoms with Gasteiger partial charge in [-0.2, -0.15) is 5.10 Å². The van der Waals surface area contributed by atoms with Crippen LogP contribution in [0, 0.1) is 24.4 Å². The lowest BCUT2D eigenvalue weighted by Gasteiger charge is -2.25. The van der Waals surface area contributed by atoms with Crippen LogP contribution in [0.3, 0.4) is 0 Å². The van der Waals surface area contributed by atoms with E-state index in [0.29, 0.717) is 23.5 Å². The van der Waals surface area contributed by atoms with Gasteiger partial charge in [-0.15, -0.1) is 0 Å². The largest absolute Gasteiger partial charge is 0.311 e. The summed E-state index contributed by atoms with van der Waals surface area (Å²) < 4.78 is 66.4. The molecule has 0 saturated carbocycles. The minimum atomic E-state index is -3.18. The molecule has 27 heavy (non-hydrogen) atoms. The second-order valence-corrected chi connectivity index (χ2v) is 9.15. The maximum Gasteiger partial charge on any atom is 0.226 e. The Morgan fingerprint density at radius 1 is 1.22 bits per heavy atom. The molecule has 2 aliphatic heterocycles. The van der Waals surface area contributed by atoms with Crippen molar-refractivity contribution in [2.24, 2.45) is 0 Å². The Kier molecular flexibility index (Phi) is 4.06. The second kappa shape index (κ2) is 6.08. The highest BCUT2D eigenvalue weighted by molar-refractivity contribution is 7.91. The number of carbonyl (C=O) groups excluding carboxylic acids is 1. The molecule has 1 fully saturated rings. The number of aryl methyl sites for hydroxylation is 1. The number of anilines is 1. The van der Waals surface area contributed by atoms with E-state index in [4.69, 9.17) is 0 Å². The van der Waals surface area contributed by atoms with Crippen LogP contribution in [0.15, 0.2) is 12.1 Å². The third-order valence-electron chi connectivity index (χ3n) is 5.12. The van der Waals surface area contributed by atoms with Crippen LogP contribution in [0.4, 0.5) is 19.0 Å². The Balaban J connectivity index is 1.84. The maximum absolute atomic E-state index is 14.4. The predicted octanol–water partition coefficient (Wildman–Crippen LogP) is 2.44. The van der Waals surface area contributed by atoms with E-state index >= 15 is 0 Å². The van der Waals surface area contributed by atoms with Gasteiger partial charge in [0.15, 0.2) is 27.3 Å². The molecule has 1 N–H and O–H groups in total. The Hall–Kier alpha value is -2.36. The first kappa shape index (κ1) is 18.0. The van der Waals surface area contributed by atoms with E-state index in [9.17, 15) is 26.4 Å². The second-order valence-electron chi connectivity index (χ2n) is 6.92. The average molecular weight is 399 g/mol. The topological polar surface area (TPSA) is 81.1 Å². The fraction of sp³-hybridized carbons (Fsp3) is 0.412. The third-order valence-corrected chi connectivity index (χ3v) is 6.87. The lowest BCUT2D eigenvalue weighted by molar-refractivity contribution is -0.116. The van der Waals surface area contributed by atoms with E-state index < -0.39 is 45.2 Å². The number of nitrogens with one attached hydrogen (secondary N) is 1. The lowest BCUT2D eigenvalue weighted by atomic mass is 9.85. The molecular weight excluding hydrogens is 383 g/mol. The van der Waals surface area contributed by atoms with Gasteiger partial charge in [-0.25, -0.2) is 26.3 Å². The standard InChI is InChI=1S/C17H16F3N3O3S/c1-8-14-11(10-2-3-12(18)16(20)15(10)19)6-13(24)21-17(14)23(22-8)9-4-5-27(25,26)7-9/h2-3,9,11H,4-7H2,1H3,(H,21,24)/t9-,11-/m0/s1. The Labute approximate surface area is 153 Å². The monoisotopic (exact) mass is 399 g/mol. The summed E-state index contributed by atoms with van der Waals surface area (Å²) in [5.74, 6) is -5.28. The van der Waals surface area contributed by atoms with Crippen molar-refractivity contribution in [3.63, 3.8) is 0 Å². The van der Waals surface area contributed by atoms with Crippen molar-refractivity contribution in [3.05, 3.63) is 46.4 Å². The van der Waals surface area contributed by atoms with Gasteiger partial charge in [-0.1, -0.05) is 6.07 Å². The van der Waals surface area contributed by atoms with Crippen LogP contribution in [0.5, 0.6) is 0 Å². The van der Waals surface area contributed by atoms with E-state index in [0.717, 1.165) is 12.1 Å². The number of aromatic nitrogens is 2. The van der Waals surface area contributed by atoms with Gasteiger partial charge in [0.05, 0.1) is 23.2 Å². The number of benzene rings is 1. The number of rotatable bonds is 2. The maximum atomic E-state index is 14.4. The fourth-order valence-corrected chi connectivity index (χ4v) is 5.57. The van der Waals surface area contributed by atoms with Gasteiger partial charge >= 0.3 is 0 Å². The molecule has 2 aromatic rings. The van der Waals surface area contributed by atoms with Crippen LogP contribution in [-0.2, 0) is 14.6 Å². The molecule has 10 heteroatoms. The molecule has 2 atom stereocenters. The van der Waals surface area contributed by atoms with Crippen molar-refractivity contribution in [2.45, 2.75) is 31.7 Å². The molecule has 1 aromatic carbocycles. The summed E-state index contributed by atoms with van der Waals surface area (Å²) in [4.78, 5) is 12.2. The number of halogens is 3. The molecular formula is C17H16F3N3O3S. The van der Waals surface area contributed by atoms with Gasteiger partial charge in [-0.05, 0) is 25.0 Å². The molecule has 144 valence electrons. The highest BCUT2D eigenvalue weighted by Gasteiger charge is 2.38. The molecule has 1 aromatic heterocycles. The van der Waals surface area contributed by atoms with Gasteiger partial charge in [0.2, 0.25) is 5.91 Å². The number of amides is 1. The fourth-order valence-electron chi connectivity index (χ4n) is 3.88. The highest BCUT2D eigenvalue weighted by atomic mass is 32.2. The Bertz CT molecular complexity index is 1070. The van der Waals surface area contributed by atoms with Crippen molar-refractivity contribution < 1.29 is 26.4 Å². The lowest BCUT2D eigenvalue weighted by Crippen LogP contribution is -2.27. The number of hydrogen-bond acceptors (Lipinski definition) is 4. The van der Waals surface area contributed by atoms with Crippen molar-refractivity contribution in [1.29, 1.82) is 0 Å². The summed E-state index contributed by atoms with van der Waals surface area (Å²) in [6, 6.07) is 1.51. The van der Waals surface area contributed by atoms with Crippen LogP contribution in [0.2, 0.25) is 0 Å². The van der Waals surface area contributed by atoms with Crippen molar-refractivity contribution in [3.8, 4) is 0 Å². The van der Waals surface area contributed by atoms with Gasteiger partial charge < -0.3 is 5.32 Å². The van der Waals surface area contributed by atoms with Gasteiger partial charge in [0, 0.05) is 17.9 Å². The zero-order valence-corrected chi connectivity index (χ0v) is 15.1. The smallest absolute Gasteiger partial charge is 0.226 e. The Morgan fingerprint density at radius 2 is 1.96 bits per heavy atom. The SMILES string of the molecule is Cc1nn([C@H]2CCS(=O)(=O)C2)c2c1[C@H](c1ccc(F)c(F)c1F)CC(=O)N2. The molecule has 3 heterocycles. The molecule has 0 spiro atoms. The predicted molar refractivity (Wildman–Crippen MR) is 90.7 cm³/mol. The molecule has 0 unspecified atom stereocenters. The van der Waals surface area contributed by atoms with E-state index in [1.165, 1.54) is 4.68 Å². The first-order valence-corrected chi connectivity index (χ1v) is 10.2. The highest BCUT2D eigenvalue weighted by Crippen LogP contribution is 2.42. The Morgan fingerprint density at radius 3 is 2.63 bits per heavy atom.